The highest BCUT2D eigenvalue weighted by Crippen LogP contribution is 2.23. The van der Waals surface area contributed by atoms with Crippen molar-refractivity contribution in [2.24, 2.45) is 0 Å². The molecule has 1 N–H and O–H groups in total. The van der Waals surface area contributed by atoms with Crippen LogP contribution in [0.4, 0.5) is 5.95 Å². The molecule has 0 bridgehead atoms. The number of anilines is 1. The smallest absolute Gasteiger partial charge is 0.351 e. The van der Waals surface area contributed by atoms with Crippen molar-refractivity contribution in [3.8, 4) is 5.69 Å². The Labute approximate surface area is 121 Å². The Hall–Kier alpha value is -1.88. The van der Waals surface area contributed by atoms with Crippen LogP contribution >= 0.6 is 11.6 Å². The van der Waals surface area contributed by atoms with Gasteiger partial charge < -0.3 is 5.32 Å². The molecule has 1 heterocycles. The zero-order valence-electron chi connectivity index (χ0n) is 11.1. The lowest BCUT2D eigenvalue weighted by Gasteiger charge is -2.26. The third-order valence-corrected chi connectivity index (χ3v) is 3.88. The average Bonchev–Trinajstić information content (AvgIpc) is 2.36. The van der Waals surface area contributed by atoms with Crippen molar-refractivity contribution in [2.45, 2.75) is 32.2 Å². The zero-order valence-corrected chi connectivity index (χ0v) is 11.9. The zero-order chi connectivity index (χ0) is 14.1. The summed E-state index contributed by atoms with van der Waals surface area (Å²) in [4.78, 5) is 20.3. The van der Waals surface area contributed by atoms with Crippen molar-refractivity contribution in [3.63, 3.8) is 0 Å². The van der Waals surface area contributed by atoms with Gasteiger partial charge in [-0.15, -0.1) is 0 Å². The molecule has 1 saturated carbocycles. The van der Waals surface area contributed by atoms with Crippen LogP contribution in [0.3, 0.4) is 0 Å². The first-order chi connectivity index (χ1) is 9.65. The van der Waals surface area contributed by atoms with Crippen molar-refractivity contribution in [1.29, 1.82) is 0 Å². The molecule has 1 aliphatic rings. The van der Waals surface area contributed by atoms with E-state index < -0.39 is 0 Å². The molecular formula is C14H15ClN4O. The summed E-state index contributed by atoms with van der Waals surface area (Å²) in [6, 6.07) is 5.89. The van der Waals surface area contributed by atoms with Gasteiger partial charge in [-0.05, 0) is 37.8 Å². The highest BCUT2D eigenvalue weighted by Gasteiger charge is 2.18. The molecule has 1 fully saturated rings. The Morgan fingerprint density at radius 2 is 2.20 bits per heavy atom. The number of halogens is 1. The van der Waals surface area contributed by atoms with Gasteiger partial charge in [0.2, 0.25) is 5.95 Å². The lowest BCUT2D eigenvalue weighted by Crippen LogP contribution is -2.31. The Morgan fingerprint density at radius 1 is 1.40 bits per heavy atom. The van der Waals surface area contributed by atoms with E-state index in [0.717, 1.165) is 18.4 Å². The van der Waals surface area contributed by atoms with E-state index in [1.165, 1.54) is 17.3 Å². The maximum absolute atomic E-state index is 12.1. The molecule has 5 nitrogen and oxygen atoms in total. The van der Waals surface area contributed by atoms with Gasteiger partial charge in [0.1, 0.15) is 6.33 Å². The number of hydrogen-bond donors (Lipinski definition) is 1. The number of nitrogens with zero attached hydrogens (tertiary/aromatic N) is 3. The van der Waals surface area contributed by atoms with Crippen LogP contribution in [-0.4, -0.2) is 20.6 Å². The molecular weight excluding hydrogens is 276 g/mol. The summed E-state index contributed by atoms with van der Waals surface area (Å²) < 4.78 is 1.38. The molecule has 20 heavy (non-hydrogen) atoms. The van der Waals surface area contributed by atoms with E-state index >= 15 is 0 Å². The first-order valence-corrected chi connectivity index (χ1v) is 7.00. The monoisotopic (exact) mass is 290 g/mol. The van der Waals surface area contributed by atoms with Crippen molar-refractivity contribution in [2.75, 3.05) is 5.32 Å². The van der Waals surface area contributed by atoms with E-state index in [4.69, 9.17) is 11.6 Å². The quantitative estimate of drug-likeness (QED) is 0.944. The summed E-state index contributed by atoms with van der Waals surface area (Å²) in [7, 11) is 0. The van der Waals surface area contributed by atoms with Crippen LogP contribution in [0.1, 0.15) is 24.8 Å². The SMILES string of the molecule is Cc1cccc(Cl)c1-n1cnc(NC2CCC2)nc1=O. The first-order valence-electron chi connectivity index (χ1n) is 6.63. The molecule has 0 unspecified atom stereocenters. The van der Waals surface area contributed by atoms with E-state index in [2.05, 4.69) is 15.3 Å². The van der Waals surface area contributed by atoms with Crippen molar-refractivity contribution in [3.05, 3.63) is 45.6 Å². The minimum Gasteiger partial charge on any atom is -0.351 e. The van der Waals surface area contributed by atoms with Gasteiger partial charge in [0.25, 0.3) is 0 Å². The molecule has 2 aromatic rings. The average molecular weight is 291 g/mol. The number of nitrogens with one attached hydrogen (secondary N) is 1. The van der Waals surface area contributed by atoms with Gasteiger partial charge in [-0.25, -0.2) is 14.3 Å². The van der Waals surface area contributed by atoms with Crippen LogP contribution in [0.15, 0.2) is 29.3 Å². The van der Waals surface area contributed by atoms with Gasteiger partial charge >= 0.3 is 5.69 Å². The fourth-order valence-corrected chi connectivity index (χ4v) is 2.53. The highest BCUT2D eigenvalue weighted by atomic mass is 35.5. The number of benzene rings is 1. The summed E-state index contributed by atoms with van der Waals surface area (Å²) in [5.41, 5.74) is 1.16. The molecule has 6 heteroatoms. The molecule has 0 radical (unpaired) electrons. The van der Waals surface area contributed by atoms with Gasteiger partial charge in [0, 0.05) is 6.04 Å². The number of para-hydroxylation sites is 1. The van der Waals surface area contributed by atoms with Crippen LogP contribution < -0.4 is 11.0 Å². The Bertz CT molecular complexity index is 674. The first kappa shape index (κ1) is 13.1. The van der Waals surface area contributed by atoms with Crippen molar-refractivity contribution < 1.29 is 0 Å². The van der Waals surface area contributed by atoms with Gasteiger partial charge in [-0.1, -0.05) is 23.7 Å². The molecule has 3 rings (SSSR count). The highest BCUT2D eigenvalue weighted by molar-refractivity contribution is 6.32. The van der Waals surface area contributed by atoms with Gasteiger partial charge in [0.05, 0.1) is 10.7 Å². The molecule has 1 aliphatic carbocycles. The third kappa shape index (κ3) is 2.41. The van der Waals surface area contributed by atoms with Gasteiger partial charge in [0.15, 0.2) is 0 Å². The maximum atomic E-state index is 12.1. The predicted octanol–water partition coefficient (Wildman–Crippen LogP) is 2.55. The lowest BCUT2D eigenvalue weighted by molar-refractivity contribution is 0.442. The second kappa shape index (κ2) is 5.25. The maximum Gasteiger partial charge on any atom is 0.356 e. The van der Waals surface area contributed by atoms with E-state index in [0.29, 0.717) is 22.7 Å². The van der Waals surface area contributed by atoms with Crippen molar-refractivity contribution >= 4 is 17.5 Å². The largest absolute Gasteiger partial charge is 0.356 e. The molecule has 0 saturated heterocycles. The molecule has 0 spiro atoms. The summed E-state index contributed by atoms with van der Waals surface area (Å²) >= 11 is 6.16. The van der Waals surface area contributed by atoms with E-state index in [-0.39, 0.29) is 5.69 Å². The second-order valence-corrected chi connectivity index (χ2v) is 5.42. The molecule has 104 valence electrons. The van der Waals surface area contributed by atoms with Gasteiger partial charge in [-0.3, -0.25) is 0 Å². The van der Waals surface area contributed by atoms with Gasteiger partial charge in [-0.2, -0.15) is 4.98 Å². The second-order valence-electron chi connectivity index (χ2n) is 5.01. The summed E-state index contributed by atoms with van der Waals surface area (Å²) in [6.07, 6.45) is 4.91. The summed E-state index contributed by atoms with van der Waals surface area (Å²) in [5, 5.41) is 3.67. The topological polar surface area (TPSA) is 59.8 Å². The third-order valence-electron chi connectivity index (χ3n) is 3.57. The molecule has 1 aromatic heterocycles. The normalized spacial score (nSPS) is 14.9. The fraction of sp³-hybridized carbons (Fsp3) is 0.357. The lowest BCUT2D eigenvalue weighted by atomic mass is 9.93. The van der Waals surface area contributed by atoms with Crippen molar-refractivity contribution in [1.82, 2.24) is 14.5 Å². The Kier molecular flexibility index (Phi) is 3.44. The van der Waals surface area contributed by atoms with Crippen LogP contribution in [0.5, 0.6) is 0 Å². The molecule has 0 amide bonds. The predicted molar refractivity (Wildman–Crippen MR) is 78.6 cm³/mol. The standard InChI is InChI=1S/C14H15ClN4O/c1-9-4-2-7-11(15)12(9)19-8-16-13(18-14(19)20)17-10-5-3-6-10/h2,4,7-8,10H,3,5-6H2,1H3,(H,17,18,20). The number of aromatic nitrogens is 3. The summed E-state index contributed by atoms with van der Waals surface area (Å²) in [6.45, 7) is 1.90. The molecule has 0 aliphatic heterocycles. The minimum absolute atomic E-state index is 0.377. The van der Waals surface area contributed by atoms with E-state index in [1.54, 1.807) is 6.07 Å². The van der Waals surface area contributed by atoms with Crippen LogP contribution in [-0.2, 0) is 0 Å². The number of hydrogen-bond acceptors (Lipinski definition) is 4. The molecule has 0 atom stereocenters. The number of aryl methyl sites for hydroxylation is 1. The fourth-order valence-electron chi connectivity index (χ4n) is 2.22. The van der Waals surface area contributed by atoms with Crippen LogP contribution in [0.2, 0.25) is 5.02 Å². The van der Waals surface area contributed by atoms with Crippen LogP contribution in [0.25, 0.3) is 5.69 Å². The minimum atomic E-state index is -0.377. The van der Waals surface area contributed by atoms with E-state index in [1.807, 2.05) is 19.1 Å². The Morgan fingerprint density at radius 3 is 2.80 bits per heavy atom. The number of rotatable bonds is 3. The summed E-state index contributed by atoms with van der Waals surface area (Å²) in [5.74, 6) is 0.389. The Balaban J connectivity index is 1.96. The molecule has 1 aromatic carbocycles. The van der Waals surface area contributed by atoms with E-state index in [9.17, 15) is 4.79 Å². The van der Waals surface area contributed by atoms with Crippen LogP contribution in [0, 0.1) is 6.92 Å².